The van der Waals surface area contributed by atoms with Crippen LogP contribution in [0.1, 0.15) is 5.56 Å². The van der Waals surface area contributed by atoms with E-state index in [1.807, 2.05) is 6.07 Å². The summed E-state index contributed by atoms with van der Waals surface area (Å²) in [5.74, 6) is -0.403. The number of halogens is 3. The standard InChI is InChI=1S/C9H7Br2ClN6/c10-4-1-5(11)7(3(2-13)6(4)12)17-9(16)18-8(14)15/h1H,(H6,14,15,16,17,18). The van der Waals surface area contributed by atoms with Crippen LogP contribution in [-0.4, -0.2) is 11.9 Å². The van der Waals surface area contributed by atoms with Crippen molar-refractivity contribution >= 4 is 61.1 Å². The maximum Gasteiger partial charge on any atom is 0.223 e. The molecule has 0 aliphatic rings. The van der Waals surface area contributed by atoms with E-state index in [0.29, 0.717) is 8.95 Å². The predicted molar refractivity (Wildman–Crippen MR) is 78.7 cm³/mol. The number of guanidine groups is 2. The smallest absolute Gasteiger partial charge is 0.223 e. The van der Waals surface area contributed by atoms with Gasteiger partial charge >= 0.3 is 0 Å². The maximum atomic E-state index is 9.07. The molecule has 1 rings (SSSR count). The number of nitriles is 1. The lowest BCUT2D eigenvalue weighted by atomic mass is 10.2. The van der Waals surface area contributed by atoms with Crippen molar-refractivity contribution in [3.63, 3.8) is 0 Å². The summed E-state index contributed by atoms with van der Waals surface area (Å²) in [4.78, 5) is 7.50. The van der Waals surface area contributed by atoms with Gasteiger partial charge in [-0.15, -0.1) is 0 Å². The van der Waals surface area contributed by atoms with Crippen molar-refractivity contribution in [1.29, 1.82) is 5.26 Å². The van der Waals surface area contributed by atoms with E-state index in [1.165, 1.54) is 0 Å². The first kappa shape index (κ1) is 14.8. The molecular formula is C9H7Br2ClN6. The van der Waals surface area contributed by atoms with E-state index in [2.05, 4.69) is 41.8 Å². The Bertz CT molecular complexity index is 586. The van der Waals surface area contributed by atoms with Crippen LogP contribution in [0.15, 0.2) is 25.0 Å². The Kier molecular flexibility index (Phi) is 4.95. The molecule has 0 spiro atoms. The van der Waals surface area contributed by atoms with Gasteiger partial charge in [0.05, 0.1) is 10.6 Å². The molecule has 0 saturated carbocycles. The zero-order chi connectivity index (χ0) is 13.9. The molecule has 1 aromatic carbocycles. The van der Waals surface area contributed by atoms with Crippen LogP contribution in [0.25, 0.3) is 0 Å². The van der Waals surface area contributed by atoms with Crippen molar-refractivity contribution in [2.24, 2.45) is 27.2 Å². The second-order valence-corrected chi connectivity index (χ2v) is 5.08. The fourth-order valence-electron chi connectivity index (χ4n) is 1.07. The summed E-state index contributed by atoms with van der Waals surface area (Å²) in [6.45, 7) is 0. The van der Waals surface area contributed by atoms with Crippen molar-refractivity contribution in [3.05, 3.63) is 25.6 Å². The van der Waals surface area contributed by atoms with Crippen LogP contribution in [0.2, 0.25) is 5.02 Å². The normalized spacial score (nSPS) is 10.9. The molecule has 0 heterocycles. The minimum absolute atomic E-state index is 0.159. The fraction of sp³-hybridized carbons (Fsp3) is 0. The minimum Gasteiger partial charge on any atom is -0.370 e. The molecule has 0 aliphatic carbocycles. The Morgan fingerprint density at radius 2 is 1.89 bits per heavy atom. The molecule has 0 aromatic heterocycles. The Balaban J connectivity index is 3.48. The van der Waals surface area contributed by atoms with Crippen LogP contribution >= 0.6 is 43.5 Å². The topological polar surface area (TPSA) is 127 Å². The Labute approximate surface area is 125 Å². The average Bonchev–Trinajstić information content (AvgIpc) is 2.25. The van der Waals surface area contributed by atoms with Gasteiger partial charge in [-0.25, -0.2) is 4.99 Å². The van der Waals surface area contributed by atoms with Crippen molar-refractivity contribution in [2.75, 3.05) is 0 Å². The highest BCUT2D eigenvalue weighted by molar-refractivity contribution is 9.11. The van der Waals surface area contributed by atoms with E-state index in [4.69, 9.17) is 34.1 Å². The number of nitrogens with two attached hydrogens (primary N) is 3. The van der Waals surface area contributed by atoms with Crippen molar-refractivity contribution in [2.45, 2.75) is 0 Å². The van der Waals surface area contributed by atoms with E-state index >= 15 is 0 Å². The second kappa shape index (κ2) is 6.04. The SMILES string of the molecule is N#Cc1c(Cl)c(Br)cc(Br)c1N=C(N)N=C(N)N. The van der Waals surface area contributed by atoms with E-state index in [-0.39, 0.29) is 28.2 Å². The Morgan fingerprint density at radius 3 is 2.39 bits per heavy atom. The van der Waals surface area contributed by atoms with Crippen molar-refractivity contribution < 1.29 is 0 Å². The summed E-state index contributed by atoms with van der Waals surface area (Å²) in [5, 5.41) is 9.30. The first-order valence-corrected chi connectivity index (χ1v) is 6.34. The average molecular weight is 394 g/mol. The maximum absolute atomic E-state index is 9.07. The highest BCUT2D eigenvalue weighted by Gasteiger charge is 2.14. The van der Waals surface area contributed by atoms with Gasteiger partial charge in [0, 0.05) is 8.95 Å². The van der Waals surface area contributed by atoms with E-state index in [0.717, 1.165) is 0 Å². The van der Waals surface area contributed by atoms with Gasteiger partial charge in [0.1, 0.15) is 11.8 Å². The zero-order valence-corrected chi connectivity index (χ0v) is 12.7. The number of benzene rings is 1. The molecule has 0 amide bonds. The van der Waals surface area contributed by atoms with Crippen LogP contribution in [0.5, 0.6) is 0 Å². The molecule has 0 bridgehead atoms. The number of hydrogen-bond acceptors (Lipinski definition) is 2. The Morgan fingerprint density at radius 1 is 1.28 bits per heavy atom. The molecule has 0 radical (unpaired) electrons. The van der Waals surface area contributed by atoms with Gasteiger partial charge in [0.15, 0.2) is 5.96 Å². The molecule has 94 valence electrons. The van der Waals surface area contributed by atoms with E-state index in [9.17, 15) is 0 Å². The molecule has 0 aliphatic heterocycles. The first-order valence-electron chi connectivity index (χ1n) is 4.38. The van der Waals surface area contributed by atoms with Crippen LogP contribution < -0.4 is 17.2 Å². The molecule has 0 atom stereocenters. The molecule has 18 heavy (non-hydrogen) atoms. The molecule has 9 heteroatoms. The Hall–Kier alpha value is -1.30. The van der Waals surface area contributed by atoms with Crippen LogP contribution in [0.4, 0.5) is 5.69 Å². The summed E-state index contributed by atoms with van der Waals surface area (Å²) in [6.07, 6.45) is 0. The minimum atomic E-state index is -0.228. The molecular weight excluding hydrogens is 387 g/mol. The number of rotatable bonds is 1. The van der Waals surface area contributed by atoms with Gasteiger partial charge < -0.3 is 17.2 Å². The summed E-state index contributed by atoms with van der Waals surface area (Å²) in [5.41, 5.74) is 16.3. The molecule has 0 fully saturated rings. The predicted octanol–water partition coefficient (Wildman–Crippen LogP) is 1.96. The third-order valence-electron chi connectivity index (χ3n) is 1.73. The molecule has 0 saturated heterocycles. The van der Waals surface area contributed by atoms with Gasteiger partial charge in [-0.1, -0.05) is 11.6 Å². The summed E-state index contributed by atoms with van der Waals surface area (Å²) in [7, 11) is 0. The van der Waals surface area contributed by atoms with Crippen molar-refractivity contribution in [1.82, 2.24) is 0 Å². The van der Waals surface area contributed by atoms with Crippen LogP contribution in [0.3, 0.4) is 0 Å². The fourth-order valence-corrected chi connectivity index (χ4v) is 2.51. The van der Waals surface area contributed by atoms with Crippen LogP contribution in [0, 0.1) is 11.3 Å². The first-order chi connectivity index (χ1) is 8.36. The summed E-state index contributed by atoms with van der Waals surface area (Å²) in [6, 6.07) is 3.58. The highest BCUT2D eigenvalue weighted by atomic mass is 79.9. The molecule has 6 nitrogen and oxygen atoms in total. The number of hydrogen-bond donors (Lipinski definition) is 3. The van der Waals surface area contributed by atoms with E-state index in [1.54, 1.807) is 6.07 Å². The van der Waals surface area contributed by atoms with Gasteiger partial charge in [-0.3, -0.25) is 0 Å². The van der Waals surface area contributed by atoms with Gasteiger partial charge in [-0.2, -0.15) is 10.3 Å². The lowest BCUT2D eigenvalue weighted by Gasteiger charge is -2.06. The molecule has 1 aromatic rings. The van der Waals surface area contributed by atoms with Gasteiger partial charge in [0.2, 0.25) is 5.96 Å². The lowest BCUT2D eigenvalue weighted by Crippen LogP contribution is -2.26. The highest BCUT2D eigenvalue weighted by Crippen LogP contribution is 2.39. The molecule has 6 N–H and O–H groups in total. The van der Waals surface area contributed by atoms with Gasteiger partial charge in [0.25, 0.3) is 0 Å². The number of aliphatic imine (C=N–C) groups is 2. The third-order valence-corrected chi connectivity index (χ3v) is 3.58. The van der Waals surface area contributed by atoms with Crippen LogP contribution in [-0.2, 0) is 0 Å². The third kappa shape index (κ3) is 3.35. The van der Waals surface area contributed by atoms with Crippen molar-refractivity contribution in [3.8, 4) is 6.07 Å². The second-order valence-electron chi connectivity index (χ2n) is 3.00. The summed E-state index contributed by atoms with van der Waals surface area (Å²) < 4.78 is 1.09. The lowest BCUT2D eigenvalue weighted by molar-refractivity contribution is 1.35. The van der Waals surface area contributed by atoms with E-state index < -0.39 is 0 Å². The van der Waals surface area contributed by atoms with Gasteiger partial charge in [-0.05, 0) is 37.9 Å². The largest absolute Gasteiger partial charge is 0.370 e. The summed E-state index contributed by atoms with van der Waals surface area (Å²) >= 11 is 12.4. The quantitative estimate of drug-likeness (QED) is 0.382. The number of nitrogens with zero attached hydrogens (tertiary/aromatic N) is 3. The zero-order valence-electron chi connectivity index (χ0n) is 8.78. The monoisotopic (exact) mass is 392 g/mol. The molecule has 0 unspecified atom stereocenters.